The number of benzene rings is 1. The van der Waals surface area contributed by atoms with E-state index in [2.05, 4.69) is 52.0 Å². The lowest BCUT2D eigenvalue weighted by molar-refractivity contribution is 0.0324. The van der Waals surface area contributed by atoms with Gasteiger partial charge in [-0.25, -0.2) is 0 Å². The molecule has 0 radical (unpaired) electrons. The Morgan fingerprint density at radius 1 is 1.20 bits per heavy atom. The number of fused-ring (bicyclic) bond motifs is 1. The Balaban J connectivity index is 2.48. The van der Waals surface area contributed by atoms with E-state index in [0.717, 1.165) is 18.6 Å². The smallest absolute Gasteiger partial charge is 0.123 e. The van der Waals surface area contributed by atoms with Gasteiger partial charge in [0.15, 0.2) is 0 Å². The van der Waals surface area contributed by atoms with Crippen LogP contribution in [0, 0.1) is 0 Å². The number of ether oxygens (including phenoxy) is 1. The van der Waals surface area contributed by atoms with Gasteiger partial charge in [-0.2, -0.15) is 0 Å². The zero-order chi connectivity index (χ0) is 11.1. The zero-order valence-electron chi connectivity index (χ0n) is 10.1. The molecule has 2 rings (SSSR count). The van der Waals surface area contributed by atoms with Gasteiger partial charge in [0.05, 0.1) is 0 Å². The Hall–Kier alpha value is -0.980. The average Bonchev–Trinajstić information content (AvgIpc) is 2.16. The van der Waals surface area contributed by atoms with Gasteiger partial charge in [0.25, 0.3) is 0 Å². The first kappa shape index (κ1) is 10.5. The van der Waals surface area contributed by atoms with E-state index >= 15 is 0 Å². The second-order valence-electron chi connectivity index (χ2n) is 5.46. The van der Waals surface area contributed by atoms with Crippen LogP contribution >= 0.6 is 0 Å². The summed E-state index contributed by atoms with van der Waals surface area (Å²) in [6, 6.07) is 8.42. The lowest BCUT2D eigenvalue weighted by atomic mass is 9.72. The Bertz CT molecular complexity index is 367. The van der Waals surface area contributed by atoms with E-state index in [9.17, 15) is 0 Å². The van der Waals surface area contributed by atoms with E-state index < -0.39 is 0 Å². The van der Waals surface area contributed by atoms with Crippen molar-refractivity contribution in [1.82, 2.24) is 0 Å². The molecule has 1 atom stereocenters. The van der Waals surface area contributed by atoms with Gasteiger partial charge in [0.1, 0.15) is 11.4 Å². The minimum Gasteiger partial charge on any atom is -0.487 e. The van der Waals surface area contributed by atoms with Gasteiger partial charge in [-0.1, -0.05) is 39.0 Å². The van der Waals surface area contributed by atoms with E-state index in [1.807, 2.05) is 0 Å². The van der Waals surface area contributed by atoms with Gasteiger partial charge in [-0.15, -0.1) is 0 Å². The molecule has 0 saturated heterocycles. The Kier molecular flexibility index (Phi) is 2.29. The molecule has 15 heavy (non-hydrogen) atoms. The SMILES string of the molecule is CCC1(C)CC(C)(C)c2ccccc2O1. The topological polar surface area (TPSA) is 9.23 Å². The monoisotopic (exact) mass is 204 g/mol. The quantitative estimate of drug-likeness (QED) is 0.673. The molecule has 1 heterocycles. The van der Waals surface area contributed by atoms with Gasteiger partial charge in [-0.05, 0) is 36.8 Å². The van der Waals surface area contributed by atoms with Crippen molar-refractivity contribution in [2.45, 2.75) is 51.6 Å². The lowest BCUT2D eigenvalue weighted by Gasteiger charge is -2.43. The van der Waals surface area contributed by atoms with Crippen LogP contribution in [0.5, 0.6) is 5.75 Å². The van der Waals surface area contributed by atoms with Crippen molar-refractivity contribution < 1.29 is 4.74 Å². The van der Waals surface area contributed by atoms with E-state index in [1.165, 1.54) is 5.56 Å². The first-order valence-corrected chi connectivity index (χ1v) is 5.75. The summed E-state index contributed by atoms with van der Waals surface area (Å²) < 4.78 is 6.10. The summed E-state index contributed by atoms with van der Waals surface area (Å²) in [6.07, 6.45) is 2.15. The molecule has 0 amide bonds. The molecule has 82 valence electrons. The molecule has 1 aromatic carbocycles. The molecule has 1 heteroatoms. The van der Waals surface area contributed by atoms with Gasteiger partial charge < -0.3 is 4.74 Å². The zero-order valence-corrected chi connectivity index (χ0v) is 10.1. The molecule has 1 aliphatic rings. The summed E-state index contributed by atoms with van der Waals surface area (Å²) in [5.41, 5.74) is 1.56. The normalized spacial score (nSPS) is 28.0. The van der Waals surface area contributed by atoms with Crippen LogP contribution in [0.25, 0.3) is 0 Å². The minimum absolute atomic E-state index is 0.00213. The number of hydrogen-bond acceptors (Lipinski definition) is 1. The van der Waals surface area contributed by atoms with Crippen molar-refractivity contribution in [3.05, 3.63) is 29.8 Å². The highest BCUT2D eigenvalue weighted by atomic mass is 16.5. The molecule has 0 spiro atoms. The predicted molar refractivity (Wildman–Crippen MR) is 63.4 cm³/mol. The first-order chi connectivity index (χ1) is 6.97. The summed E-state index contributed by atoms with van der Waals surface area (Å²) in [5.74, 6) is 1.07. The van der Waals surface area contributed by atoms with E-state index in [-0.39, 0.29) is 11.0 Å². The maximum atomic E-state index is 6.10. The van der Waals surface area contributed by atoms with Crippen LogP contribution in [0.4, 0.5) is 0 Å². The summed E-state index contributed by atoms with van der Waals surface area (Å²) in [6.45, 7) is 9.03. The van der Waals surface area contributed by atoms with Crippen LogP contribution in [0.3, 0.4) is 0 Å². The Morgan fingerprint density at radius 2 is 1.87 bits per heavy atom. The molecular weight excluding hydrogens is 184 g/mol. The molecule has 0 bridgehead atoms. The molecular formula is C14H20O. The molecule has 1 aliphatic heterocycles. The van der Waals surface area contributed by atoms with Crippen LogP contribution in [0.15, 0.2) is 24.3 Å². The van der Waals surface area contributed by atoms with Gasteiger partial charge in [-0.3, -0.25) is 0 Å². The molecule has 1 aromatic rings. The third-order valence-corrected chi connectivity index (χ3v) is 3.54. The van der Waals surface area contributed by atoms with Crippen LogP contribution in [0.1, 0.15) is 46.1 Å². The number of para-hydroxylation sites is 1. The predicted octanol–water partition coefficient (Wildman–Crippen LogP) is 3.92. The second kappa shape index (κ2) is 3.26. The summed E-state index contributed by atoms with van der Waals surface area (Å²) >= 11 is 0. The Labute approximate surface area is 92.5 Å². The molecule has 1 nitrogen and oxygen atoms in total. The molecule has 0 saturated carbocycles. The van der Waals surface area contributed by atoms with Crippen molar-refractivity contribution in [1.29, 1.82) is 0 Å². The third-order valence-electron chi connectivity index (χ3n) is 3.54. The largest absolute Gasteiger partial charge is 0.487 e. The van der Waals surface area contributed by atoms with E-state index in [1.54, 1.807) is 0 Å². The van der Waals surface area contributed by atoms with Crippen molar-refractivity contribution in [3.63, 3.8) is 0 Å². The van der Waals surface area contributed by atoms with Gasteiger partial charge >= 0.3 is 0 Å². The van der Waals surface area contributed by atoms with Crippen LogP contribution in [-0.4, -0.2) is 5.60 Å². The highest BCUT2D eigenvalue weighted by Gasteiger charge is 2.40. The Morgan fingerprint density at radius 3 is 2.53 bits per heavy atom. The highest BCUT2D eigenvalue weighted by Crippen LogP contribution is 2.45. The van der Waals surface area contributed by atoms with Crippen LogP contribution in [-0.2, 0) is 5.41 Å². The maximum absolute atomic E-state index is 6.10. The molecule has 0 fully saturated rings. The van der Waals surface area contributed by atoms with Crippen molar-refractivity contribution >= 4 is 0 Å². The first-order valence-electron chi connectivity index (χ1n) is 5.75. The highest BCUT2D eigenvalue weighted by molar-refractivity contribution is 5.41. The van der Waals surface area contributed by atoms with Gasteiger partial charge in [0, 0.05) is 0 Å². The van der Waals surface area contributed by atoms with Crippen LogP contribution in [0.2, 0.25) is 0 Å². The number of rotatable bonds is 1. The average molecular weight is 204 g/mol. The van der Waals surface area contributed by atoms with Crippen molar-refractivity contribution in [3.8, 4) is 5.75 Å². The number of hydrogen-bond donors (Lipinski definition) is 0. The van der Waals surface area contributed by atoms with Crippen LogP contribution < -0.4 is 4.74 Å². The van der Waals surface area contributed by atoms with Crippen molar-refractivity contribution in [2.75, 3.05) is 0 Å². The van der Waals surface area contributed by atoms with E-state index in [4.69, 9.17) is 4.74 Å². The van der Waals surface area contributed by atoms with Gasteiger partial charge in [0.2, 0.25) is 0 Å². The summed E-state index contributed by atoms with van der Waals surface area (Å²) in [4.78, 5) is 0. The third kappa shape index (κ3) is 1.75. The fraction of sp³-hybridized carbons (Fsp3) is 0.571. The summed E-state index contributed by atoms with van der Waals surface area (Å²) in [5, 5.41) is 0. The van der Waals surface area contributed by atoms with Crippen molar-refractivity contribution in [2.24, 2.45) is 0 Å². The van der Waals surface area contributed by atoms with E-state index in [0.29, 0.717) is 0 Å². The molecule has 1 unspecified atom stereocenters. The maximum Gasteiger partial charge on any atom is 0.123 e. The summed E-state index contributed by atoms with van der Waals surface area (Å²) in [7, 11) is 0. The molecule has 0 N–H and O–H groups in total. The lowest BCUT2D eigenvalue weighted by Crippen LogP contribution is -2.43. The fourth-order valence-electron chi connectivity index (χ4n) is 2.64. The molecule has 0 aliphatic carbocycles. The second-order valence-corrected chi connectivity index (χ2v) is 5.46. The standard InChI is InChI=1S/C14H20O/c1-5-14(4)10-13(2,3)11-8-6-7-9-12(11)15-14/h6-9H,5,10H2,1-4H3. The fourth-order valence-corrected chi connectivity index (χ4v) is 2.64. The molecule has 0 aromatic heterocycles. The minimum atomic E-state index is -0.00213.